The molecule has 38 heteroatoms. The van der Waals surface area contributed by atoms with Crippen molar-refractivity contribution in [1.29, 1.82) is 0 Å². The highest BCUT2D eigenvalue weighted by Crippen LogP contribution is 2.48. The van der Waals surface area contributed by atoms with Crippen LogP contribution in [0.15, 0.2) is 139 Å². The van der Waals surface area contributed by atoms with Crippen molar-refractivity contribution in [3.63, 3.8) is 0 Å². The lowest BCUT2D eigenvalue weighted by Gasteiger charge is -2.37. The first kappa shape index (κ1) is 77.7. The Morgan fingerprint density at radius 3 is 1.03 bits per heavy atom. The van der Waals surface area contributed by atoms with E-state index in [4.69, 9.17) is 18.9 Å². The van der Waals surface area contributed by atoms with E-state index in [-0.39, 0.29) is 91.0 Å². The van der Waals surface area contributed by atoms with E-state index in [1.165, 1.54) is 33.9 Å². The predicted molar refractivity (Wildman–Crippen MR) is 322 cm³/mol. The van der Waals surface area contributed by atoms with Gasteiger partial charge in [0.15, 0.2) is 64.8 Å². The Balaban J connectivity index is 0.000000205. The summed E-state index contributed by atoms with van der Waals surface area (Å²) < 4.78 is 316. The molecule has 3 saturated heterocycles. The van der Waals surface area contributed by atoms with Crippen LogP contribution in [0.1, 0.15) is 111 Å². The lowest BCUT2D eigenvalue weighted by Crippen LogP contribution is -2.42. The number of pyridine rings is 3. The Labute approximate surface area is 551 Å². The van der Waals surface area contributed by atoms with Crippen LogP contribution in [0.25, 0.3) is 0 Å². The number of aromatic hydroxyl groups is 1. The molecule has 0 aliphatic carbocycles. The van der Waals surface area contributed by atoms with Crippen molar-refractivity contribution in [2.45, 2.75) is 146 Å². The summed E-state index contributed by atoms with van der Waals surface area (Å²) in [6.45, 7) is 0.626. The van der Waals surface area contributed by atoms with E-state index in [9.17, 15) is 104 Å². The third-order valence-electron chi connectivity index (χ3n) is 16.3. The van der Waals surface area contributed by atoms with Crippen LogP contribution in [-0.2, 0) is 91.8 Å². The van der Waals surface area contributed by atoms with E-state index in [0.717, 1.165) is 104 Å². The molecular formula is C59H62F11N3O18S6. The van der Waals surface area contributed by atoms with Crippen LogP contribution in [-0.4, -0.2) is 137 Å². The molecule has 6 unspecified atom stereocenters. The van der Waals surface area contributed by atoms with Gasteiger partial charge in [0, 0.05) is 75.4 Å². The van der Waals surface area contributed by atoms with Gasteiger partial charge in [-0.25, -0.2) is 50.5 Å². The number of hydrogen-bond donors (Lipinski definition) is 1. The number of alkyl halides is 11. The molecule has 3 fully saturated rings. The zero-order valence-corrected chi connectivity index (χ0v) is 56.8. The third-order valence-corrected chi connectivity index (χ3v) is 27.2. The van der Waals surface area contributed by atoms with Crippen LogP contribution >= 0.6 is 0 Å². The van der Waals surface area contributed by atoms with E-state index in [1.807, 2.05) is 0 Å². The summed E-state index contributed by atoms with van der Waals surface area (Å²) in [5.74, 6) is -0.976. The number of ether oxygens (including phenoxy) is 5. The minimum Gasteiger partial charge on any atom is -0.506 e. The molecule has 21 nitrogen and oxygen atoms in total. The second-order valence-corrected chi connectivity index (χ2v) is 36.9. The lowest BCUT2D eigenvalue weighted by molar-refractivity contribution is -0.138. The number of aromatic nitrogens is 3. The number of nitrogens with zero attached hydrogens (tertiary/aromatic N) is 3. The van der Waals surface area contributed by atoms with Crippen molar-refractivity contribution in [2.24, 2.45) is 0 Å². The number of hydrogen-bond acceptors (Lipinski definition) is 21. The van der Waals surface area contributed by atoms with Gasteiger partial charge >= 0.3 is 25.1 Å². The molecular weight excluding hydrogens is 1440 g/mol. The molecule has 1 N–H and O–H groups in total. The first-order valence-corrected chi connectivity index (χ1v) is 38.4. The van der Waals surface area contributed by atoms with Crippen LogP contribution in [0.3, 0.4) is 0 Å². The van der Waals surface area contributed by atoms with E-state index in [2.05, 4.69) is 19.7 Å². The van der Waals surface area contributed by atoms with E-state index >= 15 is 0 Å². The Morgan fingerprint density at radius 1 is 0.454 bits per heavy atom. The number of halogens is 11. The standard InChI is InChI=1S/C20H20F5NO6S2.C20H22F3NO6S2.C19H20F3NO6S2/c1-19(34(29,30)13-5-3-4-12(8-13)20(23,24)25)6-7-31-16(10-19)17-15(32-18(21)22)9-14(11-26-17)33(2,27)28;1-19(32(27,28)14-6-4-5-13(9-14)20(21,22)23)7-8-30-17(11-19)18-16(29-2)10-15(12-24-18)31(3,25)26;1-18(31(27,28)13-5-3-4-12(8-13)19(20,21)22)6-7-29-16(10-18)17-15(24)9-14(11-23-17)30(2,25)26/h3-5,8-9,11,16,18H,6-7,10H2,1-2H3;4-6,9-10,12,17H,7-8,11H2,1-3H3;3-5,8-9,11,16,24H,6-7,10H2,1-2H3. The summed E-state index contributed by atoms with van der Waals surface area (Å²) in [6, 6.07) is 13.6. The van der Waals surface area contributed by atoms with Gasteiger partial charge in [0.2, 0.25) is 0 Å². The highest BCUT2D eigenvalue weighted by molar-refractivity contribution is 7.93. The molecule has 3 aliphatic rings. The summed E-state index contributed by atoms with van der Waals surface area (Å²) in [4.78, 5) is 9.82. The van der Waals surface area contributed by atoms with Gasteiger partial charge in [-0.1, -0.05) is 18.2 Å². The maximum Gasteiger partial charge on any atom is 0.416 e. The van der Waals surface area contributed by atoms with Gasteiger partial charge in [-0.3, -0.25) is 15.0 Å². The van der Waals surface area contributed by atoms with Gasteiger partial charge in [0.1, 0.15) is 46.9 Å². The van der Waals surface area contributed by atoms with Crippen molar-refractivity contribution in [3.05, 3.63) is 143 Å². The molecule has 6 aromatic rings. The molecule has 3 aromatic carbocycles. The Bertz CT molecular complexity index is 4640. The van der Waals surface area contributed by atoms with Crippen molar-refractivity contribution in [2.75, 3.05) is 45.7 Å². The lowest BCUT2D eigenvalue weighted by atomic mass is 9.94. The first-order valence-electron chi connectivity index (χ1n) is 28.3. The first-order chi connectivity index (χ1) is 44.4. The van der Waals surface area contributed by atoms with Gasteiger partial charge in [-0.05, 0) is 114 Å². The number of sulfone groups is 6. The second-order valence-electron chi connectivity index (χ2n) is 23.5. The van der Waals surface area contributed by atoms with Crippen LogP contribution in [0, 0.1) is 0 Å². The fourth-order valence-electron chi connectivity index (χ4n) is 10.6. The molecule has 9 rings (SSSR count). The number of methoxy groups -OCH3 is 1. The minimum atomic E-state index is -4.75. The van der Waals surface area contributed by atoms with Crippen LogP contribution in [0.4, 0.5) is 48.3 Å². The van der Waals surface area contributed by atoms with Crippen LogP contribution in [0.2, 0.25) is 0 Å². The summed E-state index contributed by atoms with van der Waals surface area (Å²) in [6.07, 6.45) is -12.0. The Hall–Kier alpha value is -6.68. The summed E-state index contributed by atoms with van der Waals surface area (Å²) >= 11 is 0. The Morgan fingerprint density at radius 2 is 0.742 bits per heavy atom. The zero-order chi connectivity index (χ0) is 72.7. The highest BCUT2D eigenvalue weighted by atomic mass is 32.2. The van der Waals surface area contributed by atoms with Crippen LogP contribution in [0.5, 0.6) is 17.2 Å². The SMILES string of the molecule is CC1(S(=O)(=O)c2cccc(C(F)(F)F)c2)CCOC(c2ncc(S(C)(=O)=O)cc2O)C1.CC1(S(=O)(=O)c2cccc(C(F)(F)F)c2)CCOC(c2ncc(S(C)(=O)=O)cc2OC(F)F)C1.COc1cc(S(C)(=O)=O)cnc1C1CC(C)(S(=O)(=O)c2cccc(C(F)(F)F)c2)CCO1. The molecule has 534 valence electrons. The highest BCUT2D eigenvalue weighted by Gasteiger charge is 2.50. The average molecular weight is 1500 g/mol. The molecule has 3 aromatic heterocycles. The van der Waals surface area contributed by atoms with Gasteiger partial charge < -0.3 is 28.8 Å². The topological polar surface area (TPSA) is 310 Å². The Kier molecular flexibility index (Phi) is 22.5. The number of benzene rings is 3. The normalized spacial score (nSPS) is 22.5. The smallest absolute Gasteiger partial charge is 0.416 e. The number of rotatable bonds is 15. The molecule has 97 heavy (non-hydrogen) atoms. The maximum absolute atomic E-state index is 13.4. The molecule has 6 atom stereocenters. The molecule has 0 radical (unpaired) electrons. The molecule has 0 bridgehead atoms. The van der Waals surface area contributed by atoms with Crippen molar-refractivity contribution >= 4 is 59.0 Å². The molecule has 0 spiro atoms. The molecule has 6 heterocycles. The van der Waals surface area contributed by atoms with Crippen molar-refractivity contribution < 1.29 is 128 Å². The van der Waals surface area contributed by atoms with E-state index in [1.54, 1.807) is 0 Å². The van der Waals surface area contributed by atoms with E-state index in [0.29, 0.717) is 18.2 Å². The summed E-state index contributed by atoms with van der Waals surface area (Å²) in [5.41, 5.74) is -3.34. The fraction of sp³-hybridized carbons (Fsp3) is 0.441. The van der Waals surface area contributed by atoms with Crippen molar-refractivity contribution in [3.8, 4) is 17.2 Å². The monoisotopic (exact) mass is 1500 g/mol. The van der Waals surface area contributed by atoms with Crippen LogP contribution < -0.4 is 9.47 Å². The molecule has 0 amide bonds. The predicted octanol–water partition coefficient (Wildman–Crippen LogP) is 11.1. The van der Waals surface area contributed by atoms with Crippen molar-refractivity contribution in [1.82, 2.24) is 15.0 Å². The second kappa shape index (κ2) is 28.2. The van der Waals surface area contributed by atoms with Gasteiger partial charge in [-0.15, -0.1) is 0 Å². The zero-order valence-electron chi connectivity index (χ0n) is 51.9. The van der Waals surface area contributed by atoms with Gasteiger partial charge in [0.25, 0.3) is 0 Å². The largest absolute Gasteiger partial charge is 0.506 e. The van der Waals surface area contributed by atoms with Gasteiger partial charge in [0.05, 0.1) is 67.4 Å². The minimum absolute atomic E-state index is 0.0119. The fourth-order valence-corrected chi connectivity index (χ4v) is 17.8. The summed E-state index contributed by atoms with van der Waals surface area (Å²) in [7, 11) is -22.4. The average Bonchev–Trinajstić information content (AvgIpc) is 0.763. The van der Waals surface area contributed by atoms with Gasteiger partial charge in [-0.2, -0.15) is 48.3 Å². The quantitative estimate of drug-likeness (QED) is 0.0934. The maximum atomic E-state index is 13.4. The molecule has 0 saturated carbocycles. The molecule has 3 aliphatic heterocycles. The van der Waals surface area contributed by atoms with E-state index < -0.39 is 164 Å². The summed E-state index contributed by atoms with van der Waals surface area (Å²) in [5, 5.41) is 10.2. The third kappa shape index (κ3) is 17.5.